The van der Waals surface area contributed by atoms with Crippen molar-refractivity contribution in [3.63, 3.8) is 0 Å². The van der Waals surface area contributed by atoms with Crippen molar-refractivity contribution in [1.29, 1.82) is 0 Å². The van der Waals surface area contributed by atoms with Crippen LogP contribution in [0.2, 0.25) is 0 Å². The number of nitrogens with zero attached hydrogens (tertiary/aromatic N) is 2. The summed E-state index contributed by atoms with van der Waals surface area (Å²) >= 11 is 0. The van der Waals surface area contributed by atoms with Gasteiger partial charge in [0.25, 0.3) is 0 Å². The zero-order valence-corrected chi connectivity index (χ0v) is 12.3. The lowest BCUT2D eigenvalue weighted by Crippen LogP contribution is -2.34. The summed E-state index contributed by atoms with van der Waals surface area (Å²) in [6, 6.07) is 0.483. The Bertz CT molecular complexity index is 414. The second kappa shape index (κ2) is 4.82. The van der Waals surface area contributed by atoms with Gasteiger partial charge in [0.15, 0.2) is 0 Å². The molecule has 1 aliphatic heterocycles. The fraction of sp³-hybridized carbons (Fsp3) is 0.786. The summed E-state index contributed by atoms with van der Waals surface area (Å²) in [4.78, 5) is 0. The topological polar surface area (TPSA) is 41.9 Å². The number of aromatic nitrogens is 2. The zero-order chi connectivity index (χ0) is 13.3. The van der Waals surface area contributed by atoms with Crippen LogP contribution in [0, 0.1) is 5.41 Å². The van der Waals surface area contributed by atoms with Crippen LogP contribution in [0.25, 0.3) is 0 Å². The Labute approximate surface area is 110 Å². The van der Waals surface area contributed by atoms with Crippen molar-refractivity contribution in [3.05, 3.63) is 5.69 Å². The summed E-state index contributed by atoms with van der Waals surface area (Å²) in [6.45, 7) is 10.1. The third-order valence-electron chi connectivity index (χ3n) is 3.70. The fourth-order valence-corrected chi connectivity index (χ4v) is 2.57. The molecule has 1 unspecified atom stereocenters. The highest BCUT2D eigenvalue weighted by molar-refractivity contribution is 5.69. The Balaban J connectivity index is 2.31. The molecule has 1 aromatic rings. The molecule has 18 heavy (non-hydrogen) atoms. The van der Waals surface area contributed by atoms with Gasteiger partial charge in [0.1, 0.15) is 11.5 Å². The summed E-state index contributed by atoms with van der Waals surface area (Å²) in [7, 11) is 2.03. The number of hydrogen-bond acceptors (Lipinski definition) is 3. The summed E-state index contributed by atoms with van der Waals surface area (Å²) in [5.41, 5.74) is 2.67. The number of hydrogen-bond donors (Lipinski definition) is 2. The molecule has 0 fully saturated rings. The van der Waals surface area contributed by atoms with Crippen LogP contribution in [-0.2, 0) is 13.5 Å². The minimum Gasteiger partial charge on any atom is -0.380 e. The number of aryl methyl sites for hydroxylation is 2. The van der Waals surface area contributed by atoms with E-state index >= 15 is 0 Å². The van der Waals surface area contributed by atoms with Gasteiger partial charge in [0, 0.05) is 19.6 Å². The molecule has 1 aromatic heterocycles. The average molecular weight is 250 g/mol. The van der Waals surface area contributed by atoms with Crippen LogP contribution in [0.5, 0.6) is 0 Å². The van der Waals surface area contributed by atoms with Gasteiger partial charge < -0.3 is 10.6 Å². The molecule has 0 saturated heterocycles. The largest absolute Gasteiger partial charge is 0.380 e. The Morgan fingerprint density at radius 2 is 2.11 bits per heavy atom. The lowest BCUT2D eigenvalue weighted by Gasteiger charge is -2.30. The molecule has 0 radical (unpaired) electrons. The Hall–Kier alpha value is -1.19. The predicted molar refractivity (Wildman–Crippen MR) is 77.2 cm³/mol. The molecule has 0 saturated carbocycles. The highest BCUT2D eigenvalue weighted by Crippen LogP contribution is 2.34. The molecule has 0 amide bonds. The third-order valence-corrected chi connectivity index (χ3v) is 3.70. The first-order valence-corrected chi connectivity index (χ1v) is 6.99. The fourth-order valence-electron chi connectivity index (χ4n) is 2.57. The van der Waals surface area contributed by atoms with Crippen molar-refractivity contribution in [2.75, 3.05) is 17.2 Å². The van der Waals surface area contributed by atoms with E-state index in [0.29, 0.717) is 6.04 Å². The summed E-state index contributed by atoms with van der Waals surface area (Å²) in [5.74, 6) is 1.15. The van der Waals surface area contributed by atoms with Crippen molar-refractivity contribution >= 4 is 11.5 Å². The smallest absolute Gasteiger partial charge is 0.148 e. The lowest BCUT2D eigenvalue weighted by atomic mass is 9.85. The molecule has 0 aliphatic carbocycles. The average Bonchev–Trinajstić information content (AvgIpc) is 2.49. The number of fused-ring (bicyclic) bond motifs is 1. The van der Waals surface area contributed by atoms with Gasteiger partial charge in [-0.3, -0.25) is 4.68 Å². The molecule has 0 aromatic carbocycles. The van der Waals surface area contributed by atoms with Gasteiger partial charge in [-0.2, -0.15) is 5.10 Å². The minimum atomic E-state index is 0.262. The number of rotatable bonds is 2. The monoisotopic (exact) mass is 250 g/mol. The first-order valence-electron chi connectivity index (χ1n) is 6.99. The van der Waals surface area contributed by atoms with E-state index in [4.69, 9.17) is 0 Å². The molecule has 2 rings (SSSR count). The van der Waals surface area contributed by atoms with Crippen LogP contribution >= 0.6 is 0 Å². The van der Waals surface area contributed by atoms with Crippen LogP contribution in [0.1, 0.15) is 46.2 Å². The van der Waals surface area contributed by atoms with E-state index in [1.807, 2.05) is 11.7 Å². The molecule has 2 N–H and O–H groups in total. The predicted octanol–water partition coefficient (Wildman–Crippen LogP) is 3.01. The Morgan fingerprint density at radius 3 is 2.72 bits per heavy atom. The first kappa shape index (κ1) is 13.2. The van der Waals surface area contributed by atoms with Crippen molar-refractivity contribution in [3.8, 4) is 0 Å². The van der Waals surface area contributed by atoms with Gasteiger partial charge in [0.2, 0.25) is 0 Å². The van der Waals surface area contributed by atoms with Crippen LogP contribution < -0.4 is 10.6 Å². The highest BCUT2D eigenvalue weighted by atomic mass is 15.3. The van der Waals surface area contributed by atoms with Gasteiger partial charge in [-0.05, 0) is 18.3 Å². The van der Waals surface area contributed by atoms with Crippen LogP contribution in [0.15, 0.2) is 0 Å². The minimum absolute atomic E-state index is 0.262. The maximum atomic E-state index is 4.63. The second-order valence-corrected chi connectivity index (χ2v) is 6.32. The van der Waals surface area contributed by atoms with Crippen molar-refractivity contribution in [2.24, 2.45) is 12.5 Å². The lowest BCUT2D eigenvalue weighted by molar-refractivity contribution is 0.331. The van der Waals surface area contributed by atoms with E-state index in [-0.39, 0.29) is 5.41 Å². The number of anilines is 2. The normalized spacial score (nSPS) is 19.7. The van der Waals surface area contributed by atoms with Crippen LogP contribution in [-0.4, -0.2) is 22.4 Å². The van der Waals surface area contributed by atoms with E-state index in [1.54, 1.807) is 0 Å². The Kier molecular flexibility index (Phi) is 3.55. The van der Waals surface area contributed by atoms with Crippen molar-refractivity contribution in [1.82, 2.24) is 9.78 Å². The van der Waals surface area contributed by atoms with E-state index in [1.165, 1.54) is 11.4 Å². The highest BCUT2D eigenvalue weighted by Gasteiger charge is 2.29. The third kappa shape index (κ3) is 2.47. The second-order valence-electron chi connectivity index (χ2n) is 6.32. The van der Waals surface area contributed by atoms with Gasteiger partial charge in [-0.15, -0.1) is 0 Å². The van der Waals surface area contributed by atoms with E-state index in [9.17, 15) is 0 Å². The maximum absolute atomic E-state index is 4.63. The van der Waals surface area contributed by atoms with Crippen molar-refractivity contribution in [2.45, 2.75) is 53.0 Å². The molecule has 0 spiro atoms. The molecular formula is C14H26N4. The summed E-state index contributed by atoms with van der Waals surface area (Å²) < 4.78 is 1.98. The van der Waals surface area contributed by atoms with Gasteiger partial charge >= 0.3 is 0 Å². The van der Waals surface area contributed by atoms with Gasteiger partial charge in [-0.1, -0.05) is 34.1 Å². The molecular weight excluding hydrogens is 224 g/mol. The quantitative estimate of drug-likeness (QED) is 0.848. The molecule has 102 valence electrons. The van der Waals surface area contributed by atoms with Gasteiger partial charge in [-0.25, -0.2) is 0 Å². The summed E-state index contributed by atoms with van der Waals surface area (Å²) in [6.07, 6.45) is 3.32. The van der Waals surface area contributed by atoms with E-state index < -0.39 is 0 Å². The molecule has 2 heterocycles. The maximum Gasteiger partial charge on any atom is 0.148 e. The molecule has 4 heteroatoms. The van der Waals surface area contributed by atoms with Crippen LogP contribution in [0.3, 0.4) is 0 Å². The molecule has 0 bridgehead atoms. The van der Waals surface area contributed by atoms with Gasteiger partial charge in [0.05, 0.1) is 5.69 Å². The molecule has 1 atom stereocenters. The zero-order valence-electron chi connectivity index (χ0n) is 12.3. The van der Waals surface area contributed by atoms with E-state index in [0.717, 1.165) is 31.6 Å². The first-order chi connectivity index (χ1) is 8.43. The van der Waals surface area contributed by atoms with E-state index in [2.05, 4.69) is 43.4 Å². The SMILES string of the molecule is CCCc1nn(C)c2c1NCCC(C(C)(C)C)N2. The standard InChI is InChI=1S/C14H26N4/c1-6-7-10-12-13(18(5)17-10)16-11(8-9-15-12)14(2,3)4/h11,15-16H,6-9H2,1-5H3. The molecule has 4 nitrogen and oxygen atoms in total. The van der Waals surface area contributed by atoms with Crippen LogP contribution in [0.4, 0.5) is 11.5 Å². The van der Waals surface area contributed by atoms with Crippen molar-refractivity contribution < 1.29 is 0 Å². The summed E-state index contributed by atoms with van der Waals surface area (Å²) in [5, 5.41) is 11.9. The Morgan fingerprint density at radius 1 is 1.39 bits per heavy atom. The number of nitrogens with one attached hydrogen (secondary N) is 2. The molecule has 1 aliphatic rings.